The molecule has 1 saturated carbocycles. The first kappa shape index (κ1) is 16.6. The lowest BCUT2D eigenvalue weighted by Crippen LogP contribution is -2.38. The van der Waals surface area contributed by atoms with E-state index in [2.05, 4.69) is 0 Å². The number of halogens is 1. The van der Waals surface area contributed by atoms with Gasteiger partial charge in [0, 0.05) is 11.6 Å². The Morgan fingerprint density at radius 2 is 1.86 bits per heavy atom. The molecule has 1 aliphatic rings. The van der Waals surface area contributed by atoms with E-state index in [1.54, 1.807) is 0 Å². The topological polar surface area (TPSA) is 55.8 Å². The summed E-state index contributed by atoms with van der Waals surface area (Å²) in [6.45, 7) is 3.71. The van der Waals surface area contributed by atoms with Crippen molar-refractivity contribution >= 4 is 5.97 Å². The SMILES string of the molecule is COc1cc(F)c(C2(C(=O)O)CCCCC2)cc1OC(C)C. The predicted molar refractivity (Wildman–Crippen MR) is 81.1 cm³/mol. The zero-order valence-electron chi connectivity index (χ0n) is 13.3. The van der Waals surface area contributed by atoms with Crippen LogP contribution in [0, 0.1) is 5.82 Å². The third-order valence-corrected chi connectivity index (χ3v) is 4.25. The van der Waals surface area contributed by atoms with Crippen LogP contribution in [0.25, 0.3) is 0 Å². The Balaban J connectivity index is 2.54. The van der Waals surface area contributed by atoms with Crippen molar-refractivity contribution in [1.29, 1.82) is 0 Å². The van der Waals surface area contributed by atoms with Gasteiger partial charge in [0.15, 0.2) is 11.5 Å². The summed E-state index contributed by atoms with van der Waals surface area (Å²) in [4.78, 5) is 11.9. The van der Waals surface area contributed by atoms with Gasteiger partial charge in [-0.3, -0.25) is 4.79 Å². The fourth-order valence-corrected chi connectivity index (χ4v) is 3.16. The number of aliphatic carboxylic acids is 1. The molecule has 0 aromatic heterocycles. The van der Waals surface area contributed by atoms with Crippen molar-refractivity contribution < 1.29 is 23.8 Å². The summed E-state index contributed by atoms with van der Waals surface area (Å²) in [7, 11) is 1.44. The molecule has 0 saturated heterocycles. The minimum Gasteiger partial charge on any atom is -0.493 e. The molecular formula is C17H23FO4. The summed E-state index contributed by atoms with van der Waals surface area (Å²) in [6.07, 6.45) is 3.36. The van der Waals surface area contributed by atoms with Gasteiger partial charge < -0.3 is 14.6 Å². The number of hydrogen-bond donors (Lipinski definition) is 1. The average Bonchev–Trinajstić information content (AvgIpc) is 2.48. The summed E-state index contributed by atoms with van der Waals surface area (Å²) in [5.74, 6) is -0.838. The van der Waals surface area contributed by atoms with Gasteiger partial charge in [-0.2, -0.15) is 0 Å². The van der Waals surface area contributed by atoms with Crippen molar-refractivity contribution in [2.24, 2.45) is 0 Å². The second-order valence-corrected chi connectivity index (χ2v) is 6.10. The maximum absolute atomic E-state index is 14.5. The van der Waals surface area contributed by atoms with E-state index in [-0.39, 0.29) is 17.4 Å². The zero-order valence-corrected chi connectivity index (χ0v) is 13.3. The number of carboxylic acids is 1. The smallest absolute Gasteiger partial charge is 0.314 e. The second kappa shape index (κ2) is 6.55. The van der Waals surface area contributed by atoms with Crippen molar-refractivity contribution in [3.63, 3.8) is 0 Å². The molecule has 0 atom stereocenters. The summed E-state index contributed by atoms with van der Waals surface area (Å²) >= 11 is 0. The molecule has 122 valence electrons. The minimum absolute atomic E-state index is 0.112. The van der Waals surface area contributed by atoms with Gasteiger partial charge in [-0.15, -0.1) is 0 Å². The standard InChI is InChI=1S/C17H23FO4/c1-11(2)22-15-9-12(13(18)10-14(15)21-3)17(16(19)20)7-5-4-6-8-17/h9-11H,4-8H2,1-3H3,(H,19,20). The van der Waals surface area contributed by atoms with E-state index >= 15 is 0 Å². The molecule has 5 heteroatoms. The highest BCUT2D eigenvalue weighted by Crippen LogP contribution is 2.44. The van der Waals surface area contributed by atoms with E-state index in [1.165, 1.54) is 19.2 Å². The minimum atomic E-state index is -1.16. The molecule has 0 heterocycles. The fourth-order valence-electron chi connectivity index (χ4n) is 3.16. The monoisotopic (exact) mass is 310 g/mol. The highest BCUT2D eigenvalue weighted by Gasteiger charge is 2.43. The molecule has 0 unspecified atom stereocenters. The Kier molecular flexibility index (Phi) is 4.94. The maximum Gasteiger partial charge on any atom is 0.314 e. The molecule has 1 aromatic carbocycles. The number of hydrogen-bond acceptors (Lipinski definition) is 3. The quantitative estimate of drug-likeness (QED) is 0.896. The Morgan fingerprint density at radius 3 is 2.36 bits per heavy atom. The molecule has 1 aromatic rings. The molecule has 0 radical (unpaired) electrons. The van der Waals surface area contributed by atoms with Gasteiger partial charge in [-0.25, -0.2) is 4.39 Å². The lowest BCUT2D eigenvalue weighted by molar-refractivity contribution is -0.145. The molecule has 4 nitrogen and oxygen atoms in total. The number of rotatable bonds is 5. The average molecular weight is 310 g/mol. The van der Waals surface area contributed by atoms with E-state index in [0.29, 0.717) is 18.6 Å². The van der Waals surface area contributed by atoms with Gasteiger partial charge in [-0.05, 0) is 32.8 Å². The third kappa shape index (κ3) is 3.03. The summed E-state index contributed by atoms with van der Waals surface area (Å²) < 4.78 is 25.4. The van der Waals surface area contributed by atoms with Gasteiger partial charge in [0.1, 0.15) is 5.82 Å². The predicted octanol–water partition coefficient (Wildman–Crippen LogP) is 3.91. The molecular weight excluding hydrogens is 287 g/mol. The molecule has 1 aliphatic carbocycles. The molecule has 22 heavy (non-hydrogen) atoms. The lowest BCUT2D eigenvalue weighted by Gasteiger charge is -2.34. The highest BCUT2D eigenvalue weighted by atomic mass is 19.1. The maximum atomic E-state index is 14.5. The van der Waals surface area contributed by atoms with Gasteiger partial charge >= 0.3 is 5.97 Å². The molecule has 1 N–H and O–H groups in total. The number of carbonyl (C=O) groups is 1. The van der Waals surface area contributed by atoms with Crippen LogP contribution in [-0.4, -0.2) is 24.3 Å². The van der Waals surface area contributed by atoms with Crippen LogP contribution in [0.4, 0.5) is 4.39 Å². The molecule has 0 bridgehead atoms. The van der Waals surface area contributed by atoms with E-state index in [9.17, 15) is 14.3 Å². The Labute approximate surface area is 130 Å². The summed E-state index contributed by atoms with van der Waals surface area (Å²) in [5, 5.41) is 9.73. The summed E-state index contributed by atoms with van der Waals surface area (Å²) in [5.41, 5.74) is -0.958. The largest absolute Gasteiger partial charge is 0.493 e. The van der Waals surface area contributed by atoms with E-state index < -0.39 is 17.2 Å². The van der Waals surface area contributed by atoms with Crippen LogP contribution in [0.3, 0.4) is 0 Å². The van der Waals surface area contributed by atoms with Gasteiger partial charge in [0.05, 0.1) is 18.6 Å². The highest BCUT2D eigenvalue weighted by molar-refractivity contribution is 5.82. The number of carboxylic acid groups (broad SMARTS) is 1. The zero-order chi connectivity index (χ0) is 16.3. The summed E-state index contributed by atoms with van der Waals surface area (Å²) in [6, 6.07) is 2.74. The molecule has 2 rings (SSSR count). The van der Waals surface area contributed by atoms with Gasteiger partial charge in [-0.1, -0.05) is 19.3 Å². The Bertz CT molecular complexity index is 548. The van der Waals surface area contributed by atoms with Gasteiger partial charge in [0.25, 0.3) is 0 Å². The Morgan fingerprint density at radius 1 is 1.23 bits per heavy atom. The normalized spacial score (nSPS) is 17.3. The fraction of sp³-hybridized carbons (Fsp3) is 0.588. The van der Waals surface area contributed by atoms with Gasteiger partial charge in [0.2, 0.25) is 0 Å². The van der Waals surface area contributed by atoms with Crippen molar-refractivity contribution in [2.75, 3.05) is 7.11 Å². The van der Waals surface area contributed by atoms with E-state index in [0.717, 1.165) is 19.3 Å². The molecule has 1 fully saturated rings. The first-order chi connectivity index (χ1) is 10.4. The van der Waals surface area contributed by atoms with Crippen LogP contribution < -0.4 is 9.47 Å². The van der Waals surface area contributed by atoms with Crippen molar-refractivity contribution in [3.8, 4) is 11.5 Å². The number of methoxy groups -OCH3 is 1. The van der Waals surface area contributed by atoms with Crippen LogP contribution in [0.5, 0.6) is 11.5 Å². The van der Waals surface area contributed by atoms with Crippen molar-refractivity contribution in [2.45, 2.75) is 57.5 Å². The first-order valence-electron chi connectivity index (χ1n) is 7.69. The molecule has 0 spiro atoms. The van der Waals surface area contributed by atoms with Crippen LogP contribution in [0.2, 0.25) is 0 Å². The lowest BCUT2D eigenvalue weighted by atomic mass is 9.69. The van der Waals surface area contributed by atoms with Crippen LogP contribution in [0.15, 0.2) is 12.1 Å². The van der Waals surface area contributed by atoms with E-state index in [4.69, 9.17) is 9.47 Å². The molecule has 0 amide bonds. The first-order valence-corrected chi connectivity index (χ1v) is 7.69. The van der Waals surface area contributed by atoms with Crippen LogP contribution >= 0.6 is 0 Å². The van der Waals surface area contributed by atoms with Crippen molar-refractivity contribution in [1.82, 2.24) is 0 Å². The Hall–Kier alpha value is -1.78. The molecule has 0 aliphatic heterocycles. The number of benzene rings is 1. The van der Waals surface area contributed by atoms with Crippen molar-refractivity contribution in [3.05, 3.63) is 23.5 Å². The van der Waals surface area contributed by atoms with Crippen LogP contribution in [0.1, 0.15) is 51.5 Å². The third-order valence-electron chi connectivity index (χ3n) is 4.25. The van der Waals surface area contributed by atoms with Crippen LogP contribution in [-0.2, 0) is 10.2 Å². The second-order valence-electron chi connectivity index (χ2n) is 6.10. The van der Waals surface area contributed by atoms with E-state index in [1.807, 2.05) is 13.8 Å². The number of ether oxygens (including phenoxy) is 2.